The second-order valence-electron chi connectivity index (χ2n) is 6.06. The van der Waals surface area contributed by atoms with Crippen molar-refractivity contribution >= 4 is 6.09 Å². The van der Waals surface area contributed by atoms with Gasteiger partial charge in [-0.25, -0.2) is 9.18 Å². The number of alkyl carbamates (subject to hydrolysis) is 1. The van der Waals surface area contributed by atoms with Crippen molar-refractivity contribution in [3.8, 4) is 0 Å². The van der Waals surface area contributed by atoms with Crippen molar-refractivity contribution in [1.82, 2.24) is 10.3 Å². The molecule has 1 rings (SSSR count). The van der Waals surface area contributed by atoms with Crippen LogP contribution in [0.5, 0.6) is 0 Å². The molecule has 5 heteroatoms. The molecule has 1 aromatic rings. The number of amides is 1. The van der Waals surface area contributed by atoms with Gasteiger partial charge >= 0.3 is 6.09 Å². The van der Waals surface area contributed by atoms with Crippen LogP contribution in [0.1, 0.15) is 52.1 Å². The summed E-state index contributed by atoms with van der Waals surface area (Å²) >= 11 is 0. The van der Waals surface area contributed by atoms with Crippen LogP contribution >= 0.6 is 0 Å². The van der Waals surface area contributed by atoms with E-state index in [0.29, 0.717) is 6.54 Å². The smallest absolute Gasteiger partial charge is 0.407 e. The molecule has 0 aliphatic heterocycles. The summed E-state index contributed by atoms with van der Waals surface area (Å²) in [5.41, 5.74) is 0.468. The normalized spacial score (nSPS) is 11.2. The Bertz CT molecular complexity index is 427. The lowest BCUT2D eigenvalue weighted by molar-refractivity contribution is 0.0527. The third-order valence-electron chi connectivity index (χ3n) is 2.82. The highest BCUT2D eigenvalue weighted by Crippen LogP contribution is 2.08. The van der Waals surface area contributed by atoms with Crippen LogP contribution < -0.4 is 5.32 Å². The molecule has 0 aliphatic carbocycles. The molecule has 0 radical (unpaired) electrons. The summed E-state index contributed by atoms with van der Waals surface area (Å²) in [7, 11) is 0. The highest BCUT2D eigenvalue weighted by molar-refractivity contribution is 5.67. The SMILES string of the molecule is CC(C)(C)OC(=O)NCCCCCCc1ccc(F)cn1. The number of hydrogen-bond donors (Lipinski definition) is 1. The number of pyridine rings is 1. The van der Waals surface area contributed by atoms with E-state index in [-0.39, 0.29) is 11.9 Å². The number of unbranched alkanes of at least 4 members (excludes halogenated alkanes) is 3. The maximum atomic E-state index is 12.7. The molecule has 0 atom stereocenters. The van der Waals surface area contributed by atoms with E-state index < -0.39 is 5.60 Å². The summed E-state index contributed by atoms with van der Waals surface area (Å²) in [5.74, 6) is -0.299. The fourth-order valence-corrected chi connectivity index (χ4v) is 1.84. The minimum absolute atomic E-state index is 0.299. The molecule has 0 aromatic carbocycles. The van der Waals surface area contributed by atoms with E-state index in [1.54, 1.807) is 6.07 Å². The van der Waals surface area contributed by atoms with E-state index in [9.17, 15) is 9.18 Å². The molecule has 0 spiro atoms. The topological polar surface area (TPSA) is 51.2 Å². The van der Waals surface area contributed by atoms with E-state index in [2.05, 4.69) is 10.3 Å². The van der Waals surface area contributed by atoms with E-state index in [1.807, 2.05) is 20.8 Å². The lowest BCUT2D eigenvalue weighted by atomic mass is 10.1. The first-order valence-corrected chi connectivity index (χ1v) is 7.44. The van der Waals surface area contributed by atoms with E-state index in [0.717, 1.165) is 37.8 Å². The Morgan fingerprint density at radius 2 is 1.95 bits per heavy atom. The zero-order valence-corrected chi connectivity index (χ0v) is 13.1. The summed E-state index contributed by atoms with van der Waals surface area (Å²) in [6.45, 7) is 6.16. The summed E-state index contributed by atoms with van der Waals surface area (Å²) < 4.78 is 17.8. The number of carbonyl (C=O) groups excluding carboxylic acids is 1. The molecule has 21 heavy (non-hydrogen) atoms. The molecular weight excluding hydrogens is 271 g/mol. The number of hydrogen-bond acceptors (Lipinski definition) is 3. The lowest BCUT2D eigenvalue weighted by Crippen LogP contribution is -2.32. The predicted octanol–water partition coefficient (Wildman–Crippen LogP) is 3.85. The molecule has 1 amide bonds. The van der Waals surface area contributed by atoms with Gasteiger partial charge in [0.15, 0.2) is 0 Å². The molecule has 0 saturated carbocycles. The molecule has 0 saturated heterocycles. The van der Waals surface area contributed by atoms with Crippen LogP contribution in [0, 0.1) is 5.82 Å². The zero-order valence-electron chi connectivity index (χ0n) is 13.1. The van der Waals surface area contributed by atoms with Gasteiger partial charge in [0.2, 0.25) is 0 Å². The summed E-state index contributed by atoms with van der Waals surface area (Å²) in [6.07, 6.45) is 5.80. The monoisotopic (exact) mass is 296 g/mol. The molecule has 1 heterocycles. The van der Waals surface area contributed by atoms with E-state index in [1.165, 1.54) is 12.3 Å². The second kappa shape index (κ2) is 8.60. The quantitative estimate of drug-likeness (QED) is 0.778. The number of carbonyl (C=O) groups is 1. The Morgan fingerprint density at radius 3 is 2.57 bits per heavy atom. The van der Waals surface area contributed by atoms with Crippen LogP contribution in [0.4, 0.5) is 9.18 Å². The standard InChI is InChI=1S/C16H25FN2O2/c1-16(2,3)21-15(20)18-11-7-5-4-6-8-14-10-9-13(17)12-19-14/h9-10,12H,4-8,11H2,1-3H3,(H,18,20). The summed E-state index contributed by atoms with van der Waals surface area (Å²) in [5, 5.41) is 2.74. The molecule has 0 aliphatic rings. The van der Waals surface area contributed by atoms with E-state index >= 15 is 0 Å². The summed E-state index contributed by atoms with van der Waals surface area (Å²) in [6, 6.07) is 3.16. The maximum Gasteiger partial charge on any atom is 0.407 e. The van der Waals surface area contributed by atoms with Gasteiger partial charge in [0, 0.05) is 12.2 Å². The number of aromatic nitrogens is 1. The van der Waals surface area contributed by atoms with Crippen LogP contribution in [0.3, 0.4) is 0 Å². The first-order chi connectivity index (χ1) is 9.87. The molecule has 1 N–H and O–H groups in total. The van der Waals surface area contributed by atoms with Crippen LogP contribution in [-0.4, -0.2) is 23.2 Å². The molecular formula is C16H25FN2O2. The molecule has 1 aromatic heterocycles. The first-order valence-electron chi connectivity index (χ1n) is 7.44. The van der Waals surface area contributed by atoms with Gasteiger partial charge in [0.1, 0.15) is 11.4 Å². The fraction of sp³-hybridized carbons (Fsp3) is 0.625. The maximum absolute atomic E-state index is 12.7. The number of nitrogens with one attached hydrogen (secondary N) is 1. The lowest BCUT2D eigenvalue weighted by Gasteiger charge is -2.19. The second-order valence-corrected chi connectivity index (χ2v) is 6.06. The highest BCUT2D eigenvalue weighted by atomic mass is 19.1. The van der Waals surface area contributed by atoms with Crippen LogP contribution in [0.15, 0.2) is 18.3 Å². The number of halogens is 1. The van der Waals surface area contributed by atoms with Gasteiger partial charge in [-0.3, -0.25) is 4.98 Å². The number of rotatable bonds is 7. The van der Waals surface area contributed by atoms with Crippen molar-refractivity contribution in [2.45, 2.75) is 58.5 Å². The minimum Gasteiger partial charge on any atom is -0.444 e. The van der Waals surface area contributed by atoms with Crippen molar-refractivity contribution in [1.29, 1.82) is 0 Å². The Labute approximate surface area is 126 Å². The van der Waals surface area contributed by atoms with Crippen molar-refractivity contribution in [2.24, 2.45) is 0 Å². The predicted molar refractivity (Wildman–Crippen MR) is 80.6 cm³/mol. The van der Waals surface area contributed by atoms with Gasteiger partial charge in [-0.1, -0.05) is 12.8 Å². The minimum atomic E-state index is -0.452. The van der Waals surface area contributed by atoms with Gasteiger partial charge in [-0.15, -0.1) is 0 Å². The van der Waals surface area contributed by atoms with E-state index in [4.69, 9.17) is 4.74 Å². The van der Waals surface area contributed by atoms with Crippen LogP contribution in [-0.2, 0) is 11.2 Å². The largest absolute Gasteiger partial charge is 0.444 e. The summed E-state index contributed by atoms with van der Waals surface area (Å²) in [4.78, 5) is 15.4. The van der Waals surface area contributed by atoms with Crippen molar-refractivity contribution < 1.29 is 13.9 Å². The average Bonchev–Trinajstić information content (AvgIpc) is 2.37. The number of ether oxygens (including phenoxy) is 1. The Morgan fingerprint density at radius 1 is 1.24 bits per heavy atom. The Kier molecular flexibility index (Phi) is 7.12. The van der Waals surface area contributed by atoms with Crippen LogP contribution in [0.25, 0.3) is 0 Å². The molecule has 4 nitrogen and oxygen atoms in total. The molecule has 0 bridgehead atoms. The molecule has 0 unspecified atom stereocenters. The first kappa shape index (κ1) is 17.4. The van der Waals surface area contributed by atoms with Gasteiger partial charge in [0.05, 0.1) is 6.20 Å². The van der Waals surface area contributed by atoms with Crippen molar-refractivity contribution in [2.75, 3.05) is 6.54 Å². The van der Waals surface area contributed by atoms with Crippen molar-refractivity contribution in [3.63, 3.8) is 0 Å². The van der Waals surface area contributed by atoms with Gasteiger partial charge in [-0.2, -0.15) is 0 Å². The third kappa shape index (κ3) is 9.00. The Balaban J connectivity index is 2.00. The number of nitrogens with zero attached hydrogens (tertiary/aromatic N) is 1. The third-order valence-corrected chi connectivity index (χ3v) is 2.82. The zero-order chi connectivity index (χ0) is 15.7. The van der Waals surface area contributed by atoms with Gasteiger partial charge in [0.25, 0.3) is 0 Å². The average molecular weight is 296 g/mol. The van der Waals surface area contributed by atoms with Gasteiger partial charge in [-0.05, 0) is 52.2 Å². The van der Waals surface area contributed by atoms with Crippen LogP contribution in [0.2, 0.25) is 0 Å². The highest BCUT2D eigenvalue weighted by Gasteiger charge is 2.15. The fourth-order valence-electron chi connectivity index (χ4n) is 1.84. The molecule has 118 valence electrons. The van der Waals surface area contributed by atoms with Gasteiger partial charge < -0.3 is 10.1 Å². The molecule has 0 fully saturated rings. The number of aryl methyl sites for hydroxylation is 1. The Hall–Kier alpha value is -1.65. The van der Waals surface area contributed by atoms with Crippen molar-refractivity contribution in [3.05, 3.63) is 29.8 Å².